The smallest absolute Gasteiger partial charge is 0.119 e. The molecule has 1 fully saturated rings. The Balaban J connectivity index is 1.07. The lowest BCUT2D eigenvalue weighted by Gasteiger charge is -2.44. The monoisotopic (exact) mass is 836 g/mol. The third-order valence-electron chi connectivity index (χ3n) is 13.1. The van der Waals surface area contributed by atoms with Crippen molar-refractivity contribution >= 4 is 28.2 Å². The SMILES string of the molecule is COc1ccc(N(C=C(c2ccccc2)c2ccccc2)C2=CCC(C3(c4ccc(N(C=C(c5ccccc5)c5ccccc5)c5ccc(OC)cc5)cc4)CCCCC3)C=C2)cc1. The van der Waals surface area contributed by atoms with Crippen LogP contribution in [0, 0.1) is 5.92 Å². The number of nitrogens with zero attached hydrogens (tertiary/aromatic N) is 2. The molecule has 7 aromatic rings. The van der Waals surface area contributed by atoms with E-state index in [0.717, 1.165) is 46.1 Å². The summed E-state index contributed by atoms with van der Waals surface area (Å²) in [5.74, 6) is 2.04. The second kappa shape index (κ2) is 19.8. The van der Waals surface area contributed by atoms with Gasteiger partial charge in [0.05, 0.1) is 14.2 Å². The van der Waals surface area contributed by atoms with E-state index in [4.69, 9.17) is 9.47 Å². The van der Waals surface area contributed by atoms with E-state index < -0.39 is 0 Å². The van der Waals surface area contributed by atoms with Crippen LogP contribution < -0.4 is 19.3 Å². The van der Waals surface area contributed by atoms with Crippen molar-refractivity contribution in [2.75, 3.05) is 24.0 Å². The maximum absolute atomic E-state index is 5.58. The van der Waals surface area contributed by atoms with Crippen molar-refractivity contribution in [1.29, 1.82) is 0 Å². The minimum absolute atomic E-state index is 0.0371. The molecule has 64 heavy (non-hydrogen) atoms. The van der Waals surface area contributed by atoms with Gasteiger partial charge in [-0.3, -0.25) is 0 Å². The highest BCUT2D eigenvalue weighted by atomic mass is 16.5. The van der Waals surface area contributed by atoms with Crippen LogP contribution in [0.2, 0.25) is 0 Å². The fourth-order valence-corrected chi connectivity index (χ4v) is 9.65. The summed E-state index contributed by atoms with van der Waals surface area (Å²) in [6, 6.07) is 69.0. The third-order valence-corrected chi connectivity index (χ3v) is 13.1. The zero-order valence-electron chi connectivity index (χ0n) is 36.9. The first-order valence-electron chi connectivity index (χ1n) is 22.6. The molecule has 4 nitrogen and oxygen atoms in total. The second-order valence-corrected chi connectivity index (χ2v) is 16.8. The molecule has 9 rings (SSSR count). The fourth-order valence-electron chi connectivity index (χ4n) is 9.65. The van der Waals surface area contributed by atoms with Gasteiger partial charge in [-0.25, -0.2) is 0 Å². The van der Waals surface area contributed by atoms with Crippen molar-refractivity contribution in [3.63, 3.8) is 0 Å². The highest BCUT2D eigenvalue weighted by Gasteiger charge is 2.40. The number of benzene rings is 7. The number of hydrogen-bond acceptors (Lipinski definition) is 4. The second-order valence-electron chi connectivity index (χ2n) is 16.8. The molecule has 2 aliphatic carbocycles. The first kappa shape index (κ1) is 42.0. The van der Waals surface area contributed by atoms with Gasteiger partial charge in [0.2, 0.25) is 0 Å². The van der Waals surface area contributed by atoms with Crippen LogP contribution in [0.4, 0.5) is 17.1 Å². The van der Waals surface area contributed by atoms with E-state index in [2.05, 4.69) is 210 Å². The molecule has 318 valence electrons. The van der Waals surface area contributed by atoms with Crippen LogP contribution in [-0.2, 0) is 5.41 Å². The summed E-state index contributed by atoms with van der Waals surface area (Å²) in [6.07, 6.45) is 19.0. The Morgan fingerprint density at radius 3 is 1.25 bits per heavy atom. The van der Waals surface area contributed by atoms with Gasteiger partial charge in [-0.2, -0.15) is 0 Å². The Hall–Kier alpha value is -7.30. The number of allylic oxidation sites excluding steroid dienone is 3. The Kier molecular flexibility index (Phi) is 13.0. The lowest BCUT2D eigenvalue weighted by Crippen LogP contribution is -2.37. The zero-order valence-corrected chi connectivity index (χ0v) is 36.9. The fraction of sp³-hybridized carbons (Fsp3) is 0.167. The lowest BCUT2D eigenvalue weighted by atomic mass is 9.60. The predicted octanol–water partition coefficient (Wildman–Crippen LogP) is 15.2. The van der Waals surface area contributed by atoms with E-state index in [0.29, 0.717) is 5.92 Å². The van der Waals surface area contributed by atoms with Crippen molar-refractivity contribution < 1.29 is 9.47 Å². The van der Waals surface area contributed by atoms with Crippen LogP contribution in [0.3, 0.4) is 0 Å². The van der Waals surface area contributed by atoms with E-state index >= 15 is 0 Å². The van der Waals surface area contributed by atoms with Crippen molar-refractivity contribution in [1.82, 2.24) is 0 Å². The molecule has 7 aromatic carbocycles. The predicted molar refractivity (Wildman–Crippen MR) is 267 cm³/mol. The number of methoxy groups -OCH3 is 2. The van der Waals surface area contributed by atoms with Crippen molar-refractivity contribution in [2.24, 2.45) is 5.92 Å². The number of anilines is 3. The summed E-state index contributed by atoms with van der Waals surface area (Å²) in [5.41, 5.74) is 12.9. The van der Waals surface area contributed by atoms with Crippen LogP contribution in [0.15, 0.2) is 230 Å². The molecule has 2 aliphatic rings. The van der Waals surface area contributed by atoms with Gasteiger partial charge in [0.25, 0.3) is 0 Å². The molecule has 1 atom stereocenters. The molecule has 0 amide bonds. The quantitative estimate of drug-likeness (QED) is 0.109. The Labute approximate surface area is 379 Å². The van der Waals surface area contributed by atoms with E-state index in [-0.39, 0.29) is 5.41 Å². The van der Waals surface area contributed by atoms with Gasteiger partial charge in [-0.15, -0.1) is 0 Å². The molecular formula is C60H56N2O2. The average molecular weight is 837 g/mol. The zero-order chi connectivity index (χ0) is 43.6. The van der Waals surface area contributed by atoms with Crippen molar-refractivity contribution in [2.45, 2.75) is 43.9 Å². The normalized spacial score (nSPS) is 15.3. The van der Waals surface area contributed by atoms with Crippen LogP contribution >= 0.6 is 0 Å². The summed E-state index contributed by atoms with van der Waals surface area (Å²) >= 11 is 0. The summed E-state index contributed by atoms with van der Waals surface area (Å²) in [4.78, 5) is 4.67. The summed E-state index contributed by atoms with van der Waals surface area (Å²) in [7, 11) is 3.44. The Bertz CT molecular complexity index is 2620. The number of hydrogen-bond donors (Lipinski definition) is 0. The van der Waals surface area contributed by atoms with Gasteiger partial charge < -0.3 is 19.3 Å². The number of rotatable bonds is 14. The molecule has 0 aliphatic heterocycles. The molecule has 0 saturated heterocycles. The number of ether oxygens (including phenoxy) is 2. The molecular weight excluding hydrogens is 781 g/mol. The Morgan fingerprint density at radius 2 is 0.859 bits per heavy atom. The molecule has 0 N–H and O–H groups in total. The van der Waals surface area contributed by atoms with Crippen LogP contribution in [0.25, 0.3) is 11.1 Å². The Morgan fingerprint density at radius 1 is 0.469 bits per heavy atom. The van der Waals surface area contributed by atoms with Crippen LogP contribution in [0.5, 0.6) is 11.5 Å². The lowest BCUT2D eigenvalue weighted by molar-refractivity contribution is 0.222. The van der Waals surface area contributed by atoms with Gasteiger partial charge in [-0.1, -0.05) is 165 Å². The first-order chi connectivity index (χ1) is 31.6. The topological polar surface area (TPSA) is 24.9 Å². The molecule has 1 saturated carbocycles. The van der Waals surface area contributed by atoms with Gasteiger partial charge >= 0.3 is 0 Å². The highest BCUT2D eigenvalue weighted by Crippen LogP contribution is 2.49. The van der Waals surface area contributed by atoms with E-state index in [1.54, 1.807) is 14.2 Å². The minimum Gasteiger partial charge on any atom is -0.497 e. The molecule has 0 spiro atoms. The molecule has 1 unspecified atom stereocenters. The van der Waals surface area contributed by atoms with Gasteiger partial charge in [0.15, 0.2) is 0 Å². The maximum atomic E-state index is 5.58. The van der Waals surface area contributed by atoms with Gasteiger partial charge in [-0.05, 0) is 120 Å². The van der Waals surface area contributed by atoms with Crippen molar-refractivity contribution in [3.8, 4) is 11.5 Å². The first-order valence-corrected chi connectivity index (χ1v) is 22.6. The van der Waals surface area contributed by atoms with E-state index in [9.17, 15) is 0 Å². The summed E-state index contributed by atoms with van der Waals surface area (Å²) < 4.78 is 11.2. The summed E-state index contributed by atoms with van der Waals surface area (Å²) in [6.45, 7) is 0. The average Bonchev–Trinajstić information content (AvgIpc) is 3.38. The molecule has 0 bridgehead atoms. The van der Waals surface area contributed by atoms with Gasteiger partial charge in [0, 0.05) is 51.7 Å². The largest absolute Gasteiger partial charge is 0.497 e. The van der Waals surface area contributed by atoms with E-state index in [1.165, 1.54) is 65.6 Å². The highest BCUT2D eigenvalue weighted by molar-refractivity contribution is 5.85. The summed E-state index contributed by atoms with van der Waals surface area (Å²) in [5, 5.41) is 0. The molecule has 4 heteroatoms. The minimum atomic E-state index is 0.0371. The molecule has 0 radical (unpaired) electrons. The third kappa shape index (κ3) is 9.23. The maximum Gasteiger partial charge on any atom is 0.119 e. The molecule has 0 heterocycles. The van der Waals surface area contributed by atoms with Crippen molar-refractivity contribution in [3.05, 3.63) is 258 Å². The van der Waals surface area contributed by atoms with Gasteiger partial charge in [0.1, 0.15) is 11.5 Å². The van der Waals surface area contributed by atoms with Crippen LogP contribution in [-0.4, -0.2) is 14.2 Å². The molecule has 0 aromatic heterocycles. The van der Waals surface area contributed by atoms with E-state index in [1.807, 2.05) is 24.3 Å². The van der Waals surface area contributed by atoms with Crippen LogP contribution in [0.1, 0.15) is 66.3 Å². The standard InChI is InChI=1S/C60H56N2O2/c1-63-56-38-34-54(35-39-56)61(44-58(46-18-8-3-9-19-46)47-20-10-4-11-21-47)52-30-26-50(27-31-52)60(42-16-7-17-43-60)51-28-32-53(33-29-51)62(55-36-40-57(64-2)41-37-55)45-59(48-22-12-5-13-23-48)49-24-14-6-15-25-49/h3-6,8-15,18-28,30-41,44-45,51H,7,16-17,29,42-43H2,1-2H3.